The zero-order valence-corrected chi connectivity index (χ0v) is 25.5. The van der Waals surface area contributed by atoms with E-state index in [9.17, 15) is 19.5 Å². The van der Waals surface area contributed by atoms with Crippen LogP contribution in [0.15, 0.2) is 42.5 Å². The number of aryl methyl sites for hydroxylation is 2. The highest BCUT2D eigenvalue weighted by atomic mass is 32.2. The number of carbonyl (C=O) groups is 3. The van der Waals surface area contributed by atoms with Gasteiger partial charge in [0, 0.05) is 24.1 Å². The first kappa shape index (κ1) is 31.1. The molecule has 2 aromatic rings. The molecule has 0 heterocycles. The van der Waals surface area contributed by atoms with Crippen molar-refractivity contribution in [2.24, 2.45) is 0 Å². The monoisotopic (exact) mass is 578 g/mol. The maximum Gasteiger partial charge on any atom is 0.326 e. The molecular weight excluding hydrogens is 532 g/mol. The minimum Gasteiger partial charge on any atom is -0.480 e. The van der Waals surface area contributed by atoms with Crippen LogP contribution >= 0.6 is 11.8 Å². The zero-order chi connectivity index (χ0) is 29.2. The Bertz CT molecular complexity index is 1170. The average Bonchev–Trinajstić information content (AvgIpc) is 2.99. The number of rotatable bonds is 12. The second-order valence-electron chi connectivity index (χ2n) is 11.7. The number of carboxylic acid groups (broad SMARTS) is 1. The Kier molecular flexibility index (Phi) is 11.7. The Morgan fingerprint density at radius 1 is 0.927 bits per heavy atom. The third kappa shape index (κ3) is 8.37. The Hall–Kier alpha value is -2.80. The predicted octanol–water partition coefficient (Wildman–Crippen LogP) is 7.02. The summed E-state index contributed by atoms with van der Waals surface area (Å²) in [5.41, 5.74) is 4.21. The highest BCUT2D eigenvalue weighted by Crippen LogP contribution is 2.32. The van der Waals surface area contributed by atoms with Gasteiger partial charge in [-0.2, -0.15) is 11.8 Å². The molecular formula is C34H46N2O4S. The van der Waals surface area contributed by atoms with E-state index in [2.05, 4.69) is 10.2 Å². The van der Waals surface area contributed by atoms with Crippen molar-refractivity contribution in [2.45, 2.75) is 109 Å². The molecule has 2 amide bonds. The molecule has 0 saturated heterocycles. The second kappa shape index (κ2) is 15.4. The highest BCUT2D eigenvalue weighted by Gasteiger charge is 2.32. The van der Waals surface area contributed by atoms with E-state index < -0.39 is 12.0 Å². The van der Waals surface area contributed by atoms with Gasteiger partial charge in [-0.3, -0.25) is 9.59 Å². The average molecular weight is 579 g/mol. The van der Waals surface area contributed by atoms with Gasteiger partial charge in [0.2, 0.25) is 5.91 Å². The van der Waals surface area contributed by atoms with E-state index in [-0.39, 0.29) is 11.8 Å². The van der Waals surface area contributed by atoms with E-state index in [0.717, 1.165) is 47.9 Å². The summed E-state index contributed by atoms with van der Waals surface area (Å²) in [6.07, 6.45) is 15.2. The van der Waals surface area contributed by atoms with Gasteiger partial charge in [-0.05, 0) is 85.8 Å². The Morgan fingerprint density at radius 3 is 2.15 bits per heavy atom. The maximum atomic E-state index is 13.8. The third-order valence-electron chi connectivity index (χ3n) is 8.83. The van der Waals surface area contributed by atoms with Crippen LogP contribution in [-0.2, 0) is 16.0 Å². The molecule has 0 aromatic heterocycles. The van der Waals surface area contributed by atoms with E-state index in [1.807, 2.05) is 49.6 Å². The molecule has 4 rings (SSSR count). The predicted molar refractivity (Wildman–Crippen MR) is 167 cm³/mol. The molecule has 2 aliphatic rings. The summed E-state index contributed by atoms with van der Waals surface area (Å²) in [6.45, 7) is 2.01. The number of aliphatic carboxylic acids is 1. The Morgan fingerprint density at radius 2 is 1.56 bits per heavy atom. The van der Waals surface area contributed by atoms with E-state index in [1.165, 1.54) is 38.5 Å². The lowest BCUT2D eigenvalue weighted by Gasteiger charge is -2.42. The van der Waals surface area contributed by atoms with E-state index in [4.69, 9.17) is 0 Å². The number of carbonyl (C=O) groups excluding carboxylic acids is 2. The van der Waals surface area contributed by atoms with E-state index >= 15 is 0 Å². The van der Waals surface area contributed by atoms with Crippen molar-refractivity contribution >= 4 is 29.5 Å². The van der Waals surface area contributed by atoms with Crippen molar-refractivity contribution in [3.05, 3.63) is 59.2 Å². The minimum absolute atomic E-state index is 0.265. The van der Waals surface area contributed by atoms with Gasteiger partial charge in [-0.25, -0.2) is 4.79 Å². The summed E-state index contributed by atoms with van der Waals surface area (Å²) in [7, 11) is 0. The van der Waals surface area contributed by atoms with Gasteiger partial charge in [0.05, 0.1) is 0 Å². The van der Waals surface area contributed by atoms with Crippen molar-refractivity contribution in [3.63, 3.8) is 0 Å². The lowest BCUT2D eigenvalue weighted by Crippen LogP contribution is -2.48. The molecule has 2 fully saturated rings. The Labute approximate surface area is 249 Å². The molecule has 2 N–H and O–H groups in total. The molecule has 41 heavy (non-hydrogen) atoms. The molecule has 6 nitrogen and oxygen atoms in total. The normalized spacial score (nSPS) is 17.1. The van der Waals surface area contributed by atoms with Crippen molar-refractivity contribution in [2.75, 3.05) is 12.0 Å². The number of benzene rings is 2. The molecule has 0 radical (unpaired) electrons. The first-order chi connectivity index (χ1) is 19.9. The summed E-state index contributed by atoms with van der Waals surface area (Å²) in [5, 5.41) is 12.4. The fourth-order valence-corrected chi connectivity index (χ4v) is 7.05. The highest BCUT2D eigenvalue weighted by molar-refractivity contribution is 7.98. The summed E-state index contributed by atoms with van der Waals surface area (Å²) in [5.74, 6) is -0.505. The summed E-state index contributed by atoms with van der Waals surface area (Å²) in [6, 6.07) is 13.5. The number of carboxylic acids is 1. The lowest BCUT2D eigenvalue weighted by atomic mass is 9.88. The molecule has 0 spiro atoms. The van der Waals surface area contributed by atoms with Crippen molar-refractivity contribution in [3.8, 4) is 11.1 Å². The van der Waals surface area contributed by atoms with Crippen LogP contribution in [-0.4, -0.2) is 57.9 Å². The molecule has 7 heteroatoms. The van der Waals surface area contributed by atoms with Crippen LogP contribution < -0.4 is 5.32 Å². The van der Waals surface area contributed by atoms with Gasteiger partial charge in [0.1, 0.15) is 6.04 Å². The summed E-state index contributed by atoms with van der Waals surface area (Å²) < 4.78 is 0. The first-order valence-corrected chi connectivity index (χ1v) is 16.8. The Balaban J connectivity index is 1.56. The fraction of sp³-hybridized carbons (Fsp3) is 0.559. The van der Waals surface area contributed by atoms with Crippen LogP contribution in [0, 0.1) is 6.92 Å². The smallest absolute Gasteiger partial charge is 0.326 e. The molecule has 0 aliphatic heterocycles. The maximum absolute atomic E-state index is 13.8. The van der Waals surface area contributed by atoms with Gasteiger partial charge in [-0.15, -0.1) is 0 Å². The van der Waals surface area contributed by atoms with Crippen molar-refractivity contribution < 1.29 is 19.5 Å². The molecule has 2 aromatic carbocycles. The van der Waals surface area contributed by atoms with Gasteiger partial charge < -0.3 is 15.3 Å². The molecule has 2 aliphatic carbocycles. The lowest BCUT2D eigenvalue weighted by molar-refractivity contribution is -0.139. The standard InChI is InChI=1S/C34H46N2O4S/c1-24-11-9-10-16-28(24)30-23-25(17-19-29(30)33(38)35-31(34(39)40)21-22-41-2)18-20-32(37)36(26-12-5-3-6-13-26)27-14-7-4-8-15-27/h9-11,16-17,19,23,26-27,31H,3-8,12-15,18,20-22H2,1-2H3,(H,35,38)(H,39,40). The fourth-order valence-electron chi connectivity index (χ4n) is 6.58. The second-order valence-corrected chi connectivity index (χ2v) is 12.7. The number of hydrogen-bond acceptors (Lipinski definition) is 4. The SMILES string of the molecule is CSCCC(NC(=O)c1ccc(CCC(=O)N(C2CCCCC2)C2CCCCC2)cc1-c1ccccc1C)C(=O)O. The van der Waals surface area contributed by atoms with E-state index in [0.29, 0.717) is 42.7 Å². The van der Waals surface area contributed by atoms with Crippen LogP contribution in [0.2, 0.25) is 0 Å². The number of nitrogens with zero attached hydrogens (tertiary/aromatic N) is 1. The van der Waals surface area contributed by atoms with Crippen LogP contribution in [0.25, 0.3) is 11.1 Å². The van der Waals surface area contributed by atoms with Crippen LogP contribution in [0.3, 0.4) is 0 Å². The quantitative estimate of drug-likeness (QED) is 0.283. The molecule has 222 valence electrons. The number of hydrogen-bond donors (Lipinski definition) is 2. The third-order valence-corrected chi connectivity index (χ3v) is 9.47. The first-order valence-electron chi connectivity index (χ1n) is 15.4. The molecule has 1 unspecified atom stereocenters. The van der Waals surface area contributed by atoms with Gasteiger partial charge in [-0.1, -0.05) is 74.9 Å². The van der Waals surface area contributed by atoms with Crippen molar-refractivity contribution in [1.29, 1.82) is 0 Å². The minimum atomic E-state index is -1.03. The van der Waals surface area contributed by atoms with Gasteiger partial charge in [0.15, 0.2) is 0 Å². The number of thioether (sulfide) groups is 1. The number of amides is 2. The van der Waals surface area contributed by atoms with Gasteiger partial charge >= 0.3 is 5.97 Å². The number of nitrogens with one attached hydrogen (secondary N) is 1. The molecule has 0 bridgehead atoms. The van der Waals surface area contributed by atoms with Crippen molar-refractivity contribution in [1.82, 2.24) is 10.2 Å². The summed E-state index contributed by atoms with van der Waals surface area (Å²) >= 11 is 1.56. The largest absolute Gasteiger partial charge is 0.480 e. The molecule has 2 saturated carbocycles. The van der Waals surface area contributed by atoms with Crippen LogP contribution in [0.4, 0.5) is 0 Å². The summed E-state index contributed by atoms with van der Waals surface area (Å²) in [4.78, 5) is 41.3. The topological polar surface area (TPSA) is 86.7 Å². The van der Waals surface area contributed by atoms with E-state index in [1.54, 1.807) is 17.8 Å². The van der Waals surface area contributed by atoms with Crippen LogP contribution in [0.5, 0.6) is 0 Å². The zero-order valence-electron chi connectivity index (χ0n) is 24.7. The van der Waals surface area contributed by atoms with Gasteiger partial charge in [0.25, 0.3) is 5.91 Å². The molecule has 1 atom stereocenters. The van der Waals surface area contributed by atoms with Crippen LogP contribution in [0.1, 0.15) is 98.5 Å².